The van der Waals surface area contributed by atoms with E-state index in [2.05, 4.69) is 66.2 Å². The van der Waals surface area contributed by atoms with Crippen molar-refractivity contribution < 1.29 is 4.79 Å². The lowest BCUT2D eigenvalue weighted by Gasteiger charge is -2.06. The molecule has 8 nitrogen and oxygen atoms in total. The van der Waals surface area contributed by atoms with Crippen LogP contribution in [0.5, 0.6) is 0 Å². The van der Waals surface area contributed by atoms with Crippen LogP contribution >= 0.6 is 27.7 Å². The molecular weight excluding hydrogens is 490 g/mol. The number of benzene rings is 3. The number of hydrazone groups is 1. The minimum absolute atomic E-state index is 0.140. The Morgan fingerprint density at radius 1 is 1.09 bits per heavy atom. The van der Waals surface area contributed by atoms with E-state index >= 15 is 0 Å². The normalized spacial score (nSPS) is 11.5. The Hall–Kier alpha value is -3.37. The summed E-state index contributed by atoms with van der Waals surface area (Å²) in [6.07, 6.45) is 0. The predicted molar refractivity (Wildman–Crippen MR) is 133 cm³/mol. The van der Waals surface area contributed by atoms with E-state index in [-0.39, 0.29) is 17.6 Å². The SMILES string of the molecule is C/C(=N\Nc1nnc(SCC(=O)Nc2cccc(Br)c2)n1N)c1ccc2ccccc2c1. The fraction of sp³-hybridized carbons (Fsp3) is 0.0909. The van der Waals surface area contributed by atoms with Crippen LogP contribution in [0.3, 0.4) is 0 Å². The summed E-state index contributed by atoms with van der Waals surface area (Å²) in [5, 5.41) is 18.0. The first-order valence-corrected chi connectivity index (χ1v) is 11.5. The van der Waals surface area contributed by atoms with Crippen molar-refractivity contribution in [3.05, 3.63) is 76.8 Å². The third-order valence-electron chi connectivity index (χ3n) is 4.60. The van der Waals surface area contributed by atoms with Gasteiger partial charge in [0.05, 0.1) is 11.5 Å². The number of halogens is 1. The van der Waals surface area contributed by atoms with Crippen molar-refractivity contribution in [1.29, 1.82) is 0 Å². The maximum Gasteiger partial charge on any atom is 0.264 e. The van der Waals surface area contributed by atoms with Crippen molar-refractivity contribution in [2.75, 3.05) is 22.3 Å². The summed E-state index contributed by atoms with van der Waals surface area (Å²) in [6, 6.07) is 21.7. The van der Waals surface area contributed by atoms with E-state index in [1.165, 1.54) is 21.8 Å². The zero-order valence-electron chi connectivity index (χ0n) is 17.1. The Balaban J connectivity index is 1.37. The third-order valence-corrected chi connectivity index (χ3v) is 6.03. The van der Waals surface area contributed by atoms with Gasteiger partial charge in [-0.1, -0.05) is 70.2 Å². The molecule has 0 unspecified atom stereocenters. The number of nitrogens with two attached hydrogens (primary N) is 1. The Morgan fingerprint density at radius 3 is 2.72 bits per heavy atom. The first kappa shape index (κ1) is 21.8. The molecular formula is C22H20BrN7OS. The maximum absolute atomic E-state index is 12.2. The van der Waals surface area contributed by atoms with Gasteiger partial charge in [0.25, 0.3) is 5.95 Å². The molecule has 4 aromatic rings. The van der Waals surface area contributed by atoms with Crippen LogP contribution in [-0.4, -0.2) is 32.2 Å². The summed E-state index contributed by atoms with van der Waals surface area (Å²) in [7, 11) is 0. The Morgan fingerprint density at radius 2 is 1.91 bits per heavy atom. The average Bonchev–Trinajstić information content (AvgIpc) is 3.15. The molecule has 1 heterocycles. The van der Waals surface area contributed by atoms with E-state index in [0.717, 1.165) is 21.1 Å². The van der Waals surface area contributed by atoms with Gasteiger partial charge in [0, 0.05) is 10.2 Å². The number of aromatic nitrogens is 3. The van der Waals surface area contributed by atoms with Crippen molar-refractivity contribution in [2.45, 2.75) is 12.1 Å². The van der Waals surface area contributed by atoms with E-state index < -0.39 is 0 Å². The second-order valence-corrected chi connectivity index (χ2v) is 8.75. The highest BCUT2D eigenvalue weighted by atomic mass is 79.9. The number of carbonyl (C=O) groups excluding carboxylic acids is 1. The number of hydrogen-bond acceptors (Lipinski definition) is 7. The molecule has 3 aromatic carbocycles. The van der Waals surface area contributed by atoms with E-state index in [1.807, 2.05) is 49.4 Å². The van der Waals surface area contributed by atoms with Gasteiger partial charge in [0.2, 0.25) is 11.1 Å². The van der Waals surface area contributed by atoms with Gasteiger partial charge in [0.1, 0.15) is 0 Å². The number of nitrogens with one attached hydrogen (secondary N) is 2. The van der Waals surface area contributed by atoms with Crippen molar-refractivity contribution >= 4 is 61.7 Å². The molecule has 0 saturated carbocycles. The largest absolute Gasteiger partial charge is 0.334 e. The number of fused-ring (bicyclic) bond motifs is 1. The molecule has 0 aliphatic heterocycles. The minimum Gasteiger partial charge on any atom is -0.334 e. The van der Waals surface area contributed by atoms with Crippen molar-refractivity contribution in [3.8, 4) is 0 Å². The molecule has 4 N–H and O–H groups in total. The molecule has 0 saturated heterocycles. The van der Waals surface area contributed by atoms with E-state index in [1.54, 1.807) is 0 Å². The first-order chi connectivity index (χ1) is 15.5. The van der Waals surface area contributed by atoms with Crippen molar-refractivity contribution in [1.82, 2.24) is 14.9 Å². The average molecular weight is 510 g/mol. The van der Waals surface area contributed by atoms with Gasteiger partial charge < -0.3 is 11.2 Å². The monoisotopic (exact) mass is 509 g/mol. The molecule has 0 aliphatic carbocycles. The fourth-order valence-electron chi connectivity index (χ4n) is 2.96. The lowest BCUT2D eigenvalue weighted by molar-refractivity contribution is -0.113. The molecule has 0 atom stereocenters. The molecule has 0 bridgehead atoms. The highest BCUT2D eigenvalue weighted by Crippen LogP contribution is 2.20. The molecule has 0 spiro atoms. The number of anilines is 2. The highest BCUT2D eigenvalue weighted by molar-refractivity contribution is 9.10. The second kappa shape index (κ2) is 9.84. The number of amides is 1. The quantitative estimate of drug-likeness (QED) is 0.146. The van der Waals surface area contributed by atoms with Crippen LogP contribution in [0.1, 0.15) is 12.5 Å². The number of thioether (sulfide) groups is 1. The minimum atomic E-state index is -0.171. The lowest BCUT2D eigenvalue weighted by atomic mass is 10.0. The zero-order chi connectivity index (χ0) is 22.5. The maximum atomic E-state index is 12.2. The summed E-state index contributed by atoms with van der Waals surface area (Å²) in [4.78, 5) is 12.2. The molecule has 162 valence electrons. The van der Waals surface area contributed by atoms with Crippen molar-refractivity contribution in [2.24, 2.45) is 5.10 Å². The van der Waals surface area contributed by atoms with Crippen LogP contribution in [0.4, 0.5) is 11.6 Å². The van der Waals surface area contributed by atoms with E-state index in [0.29, 0.717) is 10.8 Å². The Bertz CT molecular complexity index is 1300. The van der Waals surface area contributed by atoms with Gasteiger partial charge in [-0.2, -0.15) is 5.10 Å². The summed E-state index contributed by atoms with van der Waals surface area (Å²) >= 11 is 4.56. The molecule has 0 aliphatic rings. The Labute approximate surface area is 197 Å². The second-order valence-electron chi connectivity index (χ2n) is 6.89. The van der Waals surface area contributed by atoms with Gasteiger partial charge in [-0.05, 0) is 47.5 Å². The molecule has 0 fully saturated rings. The summed E-state index contributed by atoms with van der Waals surface area (Å²) in [5.74, 6) is 6.31. The summed E-state index contributed by atoms with van der Waals surface area (Å²) in [5.41, 5.74) is 5.32. The van der Waals surface area contributed by atoms with Gasteiger partial charge in [0.15, 0.2) is 0 Å². The van der Waals surface area contributed by atoms with Gasteiger partial charge in [-0.3, -0.25) is 4.79 Å². The number of rotatable bonds is 7. The van der Waals surface area contributed by atoms with Gasteiger partial charge in [-0.15, -0.1) is 10.2 Å². The van der Waals surface area contributed by atoms with Crippen LogP contribution < -0.4 is 16.6 Å². The van der Waals surface area contributed by atoms with Crippen molar-refractivity contribution in [3.63, 3.8) is 0 Å². The molecule has 1 amide bonds. The summed E-state index contributed by atoms with van der Waals surface area (Å²) < 4.78 is 2.16. The Kier molecular flexibility index (Phi) is 6.72. The molecule has 4 rings (SSSR count). The third kappa shape index (κ3) is 5.27. The molecule has 0 radical (unpaired) electrons. The number of carbonyl (C=O) groups is 1. The highest BCUT2D eigenvalue weighted by Gasteiger charge is 2.12. The first-order valence-electron chi connectivity index (χ1n) is 9.68. The van der Waals surface area contributed by atoms with E-state index in [9.17, 15) is 4.79 Å². The number of nitrogen functional groups attached to an aromatic ring is 1. The fourth-order valence-corrected chi connectivity index (χ4v) is 4.01. The van der Waals surface area contributed by atoms with Crippen LogP contribution in [0, 0.1) is 0 Å². The topological polar surface area (TPSA) is 110 Å². The molecule has 32 heavy (non-hydrogen) atoms. The van der Waals surface area contributed by atoms with Gasteiger partial charge >= 0.3 is 0 Å². The smallest absolute Gasteiger partial charge is 0.264 e. The summed E-state index contributed by atoms with van der Waals surface area (Å²) in [6.45, 7) is 1.90. The zero-order valence-corrected chi connectivity index (χ0v) is 19.5. The van der Waals surface area contributed by atoms with Crippen LogP contribution in [0.2, 0.25) is 0 Å². The number of nitrogens with zero attached hydrogens (tertiary/aromatic N) is 4. The van der Waals surface area contributed by atoms with Crippen LogP contribution in [0.15, 0.2) is 81.5 Å². The predicted octanol–water partition coefficient (Wildman–Crippen LogP) is 4.47. The van der Waals surface area contributed by atoms with Crippen LogP contribution in [-0.2, 0) is 4.79 Å². The molecule has 10 heteroatoms. The van der Waals surface area contributed by atoms with Gasteiger partial charge in [-0.25, -0.2) is 10.1 Å². The molecule has 1 aromatic heterocycles. The lowest BCUT2D eigenvalue weighted by Crippen LogP contribution is -2.17. The van der Waals surface area contributed by atoms with Crippen LogP contribution in [0.25, 0.3) is 10.8 Å². The standard InChI is InChI=1S/C22H20BrN7OS/c1-14(16-10-9-15-5-2-3-6-17(15)11-16)26-27-21-28-29-22(30(21)24)32-13-20(31)25-19-8-4-7-18(23)12-19/h2-12H,13,24H2,1H3,(H,25,31)(H,27,28)/b26-14+. The number of hydrogen-bond donors (Lipinski definition) is 3. The van der Waals surface area contributed by atoms with E-state index in [4.69, 9.17) is 5.84 Å².